The van der Waals surface area contributed by atoms with E-state index in [9.17, 15) is 4.79 Å². The summed E-state index contributed by atoms with van der Waals surface area (Å²) in [6.07, 6.45) is 0.215. The monoisotopic (exact) mass is 316 g/mol. The average Bonchev–Trinajstić information content (AvgIpc) is 2.38. The van der Waals surface area contributed by atoms with Gasteiger partial charge in [-0.15, -0.1) is 0 Å². The number of carbonyl (C=O) groups is 1. The Balaban J connectivity index is 1.96. The minimum Gasteiger partial charge on any atom is -0.484 e. The molecule has 2 aromatic rings. The maximum Gasteiger partial charge on any atom is 0.170 e. The molecule has 1 aliphatic rings. The highest BCUT2D eigenvalue weighted by atomic mass is 79.9. The van der Waals surface area contributed by atoms with Gasteiger partial charge in [-0.05, 0) is 30.7 Å². The van der Waals surface area contributed by atoms with Gasteiger partial charge in [0.25, 0.3) is 0 Å². The number of ether oxygens (including phenoxy) is 1. The second-order valence-electron chi connectivity index (χ2n) is 4.78. The SMILES string of the molecule is Cc1ccc(C2CC(=O)c3ccc(Br)cc3O2)cc1. The first-order valence-electron chi connectivity index (χ1n) is 6.19. The van der Waals surface area contributed by atoms with Crippen LogP contribution < -0.4 is 4.74 Å². The van der Waals surface area contributed by atoms with Gasteiger partial charge in [-0.25, -0.2) is 0 Å². The summed E-state index contributed by atoms with van der Waals surface area (Å²) in [5, 5.41) is 0. The largest absolute Gasteiger partial charge is 0.484 e. The van der Waals surface area contributed by atoms with Crippen LogP contribution in [0.4, 0.5) is 0 Å². The fourth-order valence-electron chi connectivity index (χ4n) is 2.26. The summed E-state index contributed by atoms with van der Waals surface area (Å²) < 4.78 is 6.88. The van der Waals surface area contributed by atoms with E-state index in [-0.39, 0.29) is 11.9 Å². The molecule has 0 radical (unpaired) electrons. The van der Waals surface area contributed by atoms with Crippen molar-refractivity contribution < 1.29 is 9.53 Å². The van der Waals surface area contributed by atoms with Gasteiger partial charge >= 0.3 is 0 Å². The third-order valence-electron chi connectivity index (χ3n) is 3.33. The third-order valence-corrected chi connectivity index (χ3v) is 3.83. The first-order valence-corrected chi connectivity index (χ1v) is 6.99. The minimum absolute atomic E-state index is 0.138. The molecule has 0 aliphatic carbocycles. The van der Waals surface area contributed by atoms with E-state index in [0.29, 0.717) is 17.7 Å². The van der Waals surface area contributed by atoms with Crippen LogP contribution in [0.1, 0.15) is 34.0 Å². The first kappa shape index (κ1) is 12.4. The van der Waals surface area contributed by atoms with Crippen LogP contribution in [0.2, 0.25) is 0 Å². The summed E-state index contributed by atoms with van der Waals surface area (Å²) >= 11 is 3.40. The summed E-state index contributed by atoms with van der Waals surface area (Å²) in [5.74, 6) is 0.801. The second kappa shape index (κ2) is 4.82. The number of Topliss-reactive ketones (excluding diaryl/α,β-unsaturated/α-hetero) is 1. The average molecular weight is 317 g/mol. The van der Waals surface area contributed by atoms with Crippen molar-refractivity contribution in [2.75, 3.05) is 0 Å². The zero-order valence-electron chi connectivity index (χ0n) is 10.5. The Morgan fingerprint density at radius 2 is 1.89 bits per heavy atom. The van der Waals surface area contributed by atoms with Gasteiger partial charge in [-0.2, -0.15) is 0 Å². The van der Waals surface area contributed by atoms with Gasteiger partial charge in [0.2, 0.25) is 0 Å². The van der Waals surface area contributed by atoms with Crippen molar-refractivity contribution in [3.63, 3.8) is 0 Å². The molecular formula is C16H13BrO2. The predicted octanol–water partition coefficient (Wildman–Crippen LogP) is 4.46. The first-order chi connectivity index (χ1) is 9.13. The lowest BCUT2D eigenvalue weighted by molar-refractivity contribution is 0.0850. The Kier molecular flexibility index (Phi) is 3.15. The summed E-state index contributed by atoms with van der Waals surface area (Å²) in [7, 11) is 0. The molecule has 19 heavy (non-hydrogen) atoms. The molecule has 0 saturated heterocycles. The van der Waals surface area contributed by atoms with Crippen molar-refractivity contribution in [3.05, 3.63) is 63.6 Å². The number of carbonyl (C=O) groups excluding carboxylic acids is 1. The summed E-state index contributed by atoms with van der Waals surface area (Å²) in [5.41, 5.74) is 2.92. The van der Waals surface area contributed by atoms with Gasteiger partial charge < -0.3 is 4.74 Å². The van der Waals surface area contributed by atoms with Crippen LogP contribution in [0.3, 0.4) is 0 Å². The van der Waals surface area contributed by atoms with Crippen LogP contribution in [-0.2, 0) is 0 Å². The molecule has 1 atom stereocenters. The Morgan fingerprint density at radius 1 is 1.16 bits per heavy atom. The molecule has 3 heteroatoms. The summed E-state index contributed by atoms with van der Waals surface area (Å²) in [6.45, 7) is 2.04. The van der Waals surface area contributed by atoms with Crippen LogP contribution in [0.25, 0.3) is 0 Å². The number of fused-ring (bicyclic) bond motifs is 1. The standard InChI is InChI=1S/C16H13BrO2/c1-10-2-4-11(5-3-10)15-9-14(18)13-7-6-12(17)8-16(13)19-15/h2-8,15H,9H2,1H3. The summed E-state index contributed by atoms with van der Waals surface area (Å²) in [6, 6.07) is 13.7. The number of benzene rings is 2. The lowest BCUT2D eigenvalue weighted by atomic mass is 9.96. The van der Waals surface area contributed by atoms with E-state index in [1.807, 2.05) is 49.4 Å². The zero-order valence-corrected chi connectivity index (χ0v) is 12.1. The number of ketones is 1. The molecule has 1 aliphatic heterocycles. The van der Waals surface area contributed by atoms with Crippen LogP contribution >= 0.6 is 15.9 Å². The second-order valence-corrected chi connectivity index (χ2v) is 5.70. The fourth-order valence-corrected chi connectivity index (χ4v) is 2.60. The van der Waals surface area contributed by atoms with Crippen molar-refractivity contribution >= 4 is 21.7 Å². The number of halogens is 1. The highest BCUT2D eigenvalue weighted by Crippen LogP contribution is 2.36. The number of rotatable bonds is 1. The Bertz CT molecular complexity index is 632. The fraction of sp³-hybridized carbons (Fsp3) is 0.188. The van der Waals surface area contributed by atoms with Crippen LogP contribution in [0.5, 0.6) is 5.75 Å². The molecule has 0 amide bonds. The predicted molar refractivity (Wildman–Crippen MR) is 77.6 cm³/mol. The molecule has 1 unspecified atom stereocenters. The minimum atomic E-state index is -0.185. The molecule has 0 spiro atoms. The molecule has 0 N–H and O–H groups in total. The number of hydrogen-bond acceptors (Lipinski definition) is 2. The van der Waals surface area contributed by atoms with Crippen molar-refractivity contribution in [3.8, 4) is 5.75 Å². The highest BCUT2D eigenvalue weighted by molar-refractivity contribution is 9.10. The molecule has 0 fully saturated rings. The van der Waals surface area contributed by atoms with Gasteiger partial charge in [-0.1, -0.05) is 45.8 Å². The Hall–Kier alpha value is -1.61. The molecule has 2 nitrogen and oxygen atoms in total. The van der Waals surface area contributed by atoms with Gasteiger partial charge in [0.05, 0.1) is 12.0 Å². The lowest BCUT2D eigenvalue weighted by Gasteiger charge is -2.25. The van der Waals surface area contributed by atoms with Gasteiger partial charge in [0.1, 0.15) is 11.9 Å². The molecular weight excluding hydrogens is 304 g/mol. The maximum absolute atomic E-state index is 12.2. The van der Waals surface area contributed by atoms with E-state index in [1.165, 1.54) is 5.56 Å². The number of aryl methyl sites for hydroxylation is 1. The molecule has 1 heterocycles. The van der Waals surface area contributed by atoms with E-state index in [1.54, 1.807) is 0 Å². The topological polar surface area (TPSA) is 26.3 Å². The molecule has 0 aromatic heterocycles. The third kappa shape index (κ3) is 2.43. The Labute approximate surface area is 120 Å². The van der Waals surface area contributed by atoms with Crippen LogP contribution in [0, 0.1) is 6.92 Å². The quantitative estimate of drug-likeness (QED) is 0.776. The van der Waals surface area contributed by atoms with E-state index in [4.69, 9.17) is 4.74 Å². The maximum atomic E-state index is 12.2. The molecule has 0 bridgehead atoms. The van der Waals surface area contributed by atoms with E-state index >= 15 is 0 Å². The smallest absolute Gasteiger partial charge is 0.170 e. The van der Waals surface area contributed by atoms with Crippen molar-refractivity contribution in [2.24, 2.45) is 0 Å². The highest BCUT2D eigenvalue weighted by Gasteiger charge is 2.27. The van der Waals surface area contributed by atoms with Crippen molar-refractivity contribution in [1.82, 2.24) is 0 Å². The molecule has 3 rings (SSSR count). The number of hydrogen-bond donors (Lipinski definition) is 0. The van der Waals surface area contributed by atoms with Gasteiger partial charge in [0, 0.05) is 4.47 Å². The van der Waals surface area contributed by atoms with E-state index in [2.05, 4.69) is 15.9 Å². The Morgan fingerprint density at radius 3 is 2.63 bits per heavy atom. The van der Waals surface area contributed by atoms with Crippen molar-refractivity contribution in [1.29, 1.82) is 0 Å². The van der Waals surface area contributed by atoms with Gasteiger partial charge in [-0.3, -0.25) is 4.79 Å². The van der Waals surface area contributed by atoms with E-state index in [0.717, 1.165) is 10.0 Å². The van der Waals surface area contributed by atoms with Crippen LogP contribution in [-0.4, -0.2) is 5.78 Å². The normalized spacial score (nSPS) is 17.8. The van der Waals surface area contributed by atoms with Crippen molar-refractivity contribution in [2.45, 2.75) is 19.4 Å². The lowest BCUT2D eigenvalue weighted by Crippen LogP contribution is -2.20. The van der Waals surface area contributed by atoms with E-state index < -0.39 is 0 Å². The van der Waals surface area contributed by atoms with Gasteiger partial charge in [0.15, 0.2) is 5.78 Å². The molecule has 96 valence electrons. The molecule has 0 saturated carbocycles. The molecule has 2 aromatic carbocycles. The zero-order chi connectivity index (χ0) is 13.4. The van der Waals surface area contributed by atoms with Crippen LogP contribution in [0.15, 0.2) is 46.9 Å². The summed E-state index contributed by atoms with van der Waals surface area (Å²) in [4.78, 5) is 12.2.